The van der Waals surface area contributed by atoms with Crippen molar-refractivity contribution in [2.75, 3.05) is 19.6 Å². The Hall–Kier alpha value is -3.31. The number of benzene rings is 2. The Morgan fingerprint density at radius 3 is 2.24 bits per heavy atom. The van der Waals surface area contributed by atoms with E-state index >= 15 is 0 Å². The van der Waals surface area contributed by atoms with Gasteiger partial charge in [0.2, 0.25) is 0 Å². The quantitative estimate of drug-likeness (QED) is 0.388. The highest BCUT2D eigenvalue weighted by atomic mass is 35.5. The summed E-state index contributed by atoms with van der Waals surface area (Å²) in [5, 5.41) is 10.1. The highest BCUT2D eigenvalue weighted by Gasteiger charge is 2.39. The number of carbonyl (C=O) groups is 1. The van der Waals surface area contributed by atoms with Crippen molar-refractivity contribution in [2.24, 2.45) is 0 Å². The number of carbonyl (C=O) groups excluding carboxylic acids is 1. The van der Waals surface area contributed by atoms with Crippen LogP contribution in [-0.2, 0) is 25.3 Å². The minimum atomic E-state index is -5.07. The zero-order valence-corrected chi connectivity index (χ0v) is 20.5. The number of aromatic hydroxyl groups is 1. The molecule has 0 bridgehead atoms. The van der Waals surface area contributed by atoms with E-state index in [4.69, 9.17) is 11.6 Å². The summed E-state index contributed by atoms with van der Waals surface area (Å²) >= 11 is 5.89. The molecule has 0 saturated carbocycles. The molecule has 3 aromatic rings. The number of nitrogens with zero attached hydrogens (tertiary/aromatic N) is 3. The van der Waals surface area contributed by atoms with E-state index in [1.54, 1.807) is 24.5 Å². The lowest BCUT2D eigenvalue weighted by Crippen LogP contribution is -2.55. The minimum absolute atomic E-state index is 0.00339. The SMILES string of the molecule is O=C(c1cc(C(F)(F)F)cc(C(F)(F)F)c1)N1CCN(Cc2cccnc2)C[C@H]1Cc1ccc(Cl)c(O)c1. The van der Waals surface area contributed by atoms with E-state index in [9.17, 15) is 36.2 Å². The number of aromatic nitrogens is 1. The Bertz CT molecular complexity index is 1270. The van der Waals surface area contributed by atoms with E-state index in [-0.39, 0.29) is 36.3 Å². The van der Waals surface area contributed by atoms with Gasteiger partial charge in [-0.25, -0.2) is 0 Å². The second-order valence-corrected chi connectivity index (χ2v) is 9.44. The molecule has 1 saturated heterocycles. The molecule has 1 fully saturated rings. The standard InChI is InChI=1S/C26H22ClF6N3O2/c27-22-4-3-16(9-23(22)37)8-21-15-35(14-17-2-1-5-34-13-17)6-7-36(21)24(38)18-10-19(25(28,29)30)12-20(11-18)26(31,32)33/h1-5,9-13,21,37H,6-8,14-15H2/t21-/m1/s1. The first-order chi connectivity index (χ1) is 17.8. The molecule has 1 N–H and O–H groups in total. The number of halogens is 7. The van der Waals surface area contributed by atoms with Crippen LogP contribution in [0.4, 0.5) is 26.3 Å². The first-order valence-corrected chi connectivity index (χ1v) is 11.9. The van der Waals surface area contributed by atoms with E-state index in [2.05, 4.69) is 4.98 Å². The predicted molar refractivity (Wildman–Crippen MR) is 128 cm³/mol. The summed E-state index contributed by atoms with van der Waals surface area (Å²) in [6.45, 7) is 1.18. The molecule has 0 aliphatic carbocycles. The fourth-order valence-electron chi connectivity index (χ4n) is 4.46. The van der Waals surface area contributed by atoms with Crippen molar-refractivity contribution in [1.82, 2.24) is 14.8 Å². The second kappa shape index (κ2) is 10.8. The topological polar surface area (TPSA) is 56.7 Å². The van der Waals surface area contributed by atoms with Crippen molar-refractivity contribution < 1.29 is 36.2 Å². The minimum Gasteiger partial charge on any atom is -0.506 e. The number of rotatable bonds is 5. The normalized spacial score (nSPS) is 17.0. The summed E-state index contributed by atoms with van der Waals surface area (Å²) in [5.74, 6) is -1.12. The summed E-state index contributed by atoms with van der Waals surface area (Å²) in [7, 11) is 0. The maximum atomic E-state index is 13.4. The highest BCUT2D eigenvalue weighted by molar-refractivity contribution is 6.32. The number of amides is 1. The lowest BCUT2D eigenvalue weighted by molar-refractivity contribution is -0.143. The van der Waals surface area contributed by atoms with Crippen LogP contribution < -0.4 is 0 Å². The summed E-state index contributed by atoms with van der Waals surface area (Å²) in [6.07, 6.45) is -6.64. The predicted octanol–water partition coefficient (Wildman–Crippen LogP) is 6.05. The van der Waals surface area contributed by atoms with Crippen LogP contribution in [0.25, 0.3) is 0 Å². The summed E-state index contributed by atoms with van der Waals surface area (Å²) < 4.78 is 80.4. The number of piperazine rings is 1. The van der Waals surface area contributed by atoms with Crippen LogP contribution in [0.2, 0.25) is 5.02 Å². The van der Waals surface area contributed by atoms with Gasteiger partial charge in [-0.05, 0) is 53.9 Å². The summed E-state index contributed by atoms with van der Waals surface area (Å²) in [5.41, 5.74) is -2.30. The van der Waals surface area contributed by atoms with E-state index in [0.717, 1.165) is 5.56 Å². The average molecular weight is 558 g/mol. The molecule has 2 aromatic carbocycles. The Labute approximate surface area is 219 Å². The fraction of sp³-hybridized carbons (Fsp3) is 0.308. The number of hydrogen-bond donors (Lipinski definition) is 1. The molecule has 0 radical (unpaired) electrons. The zero-order valence-electron chi connectivity index (χ0n) is 19.7. The van der Waals surface area contributed by atoms with Gasteiger partial charge in [-0.2, -0.15) is 26.3 Å². The zero-order chi connectivity index (χ0) is 27.7. The average Bonchev–Trinajstić information content (AvgIpc) is 2.85. The number of phenols is 1. The molecule has 1 aliphatic heterocycles. The molecule has 4 rings (SSSR count). The lowest BCUT2D eigenvalue weighted by atomic mass is 9.98. The molecule has 0 spiro atoms. The van der Waals surface area contributed by atoms with Crippen molar-refractivity contribution in [3.8, 4) is 5.75 Å². The van der Waals surface area contributed by atoms with Gasteiger partial charge in [0.05, 0.1) is 16.1 Å². The lowest BCUT2D eigenvalue weighted by Gasteiger charge is -2.42. The molecule has 38 heavy (non-hydrogen) atoms. The summed E-state index contributed by atoms with van der Waals surface area (Å²) in [4.78, 5) is 20.8. The van der Waals surface area contributed by atoms with Crippen molar-refractivity contribution in [3.05, 3.63) is 93.8 Å². The van der Waals surface area contributed by atoms with E-state index in [0.29, 0.717) is 30.8 Å². The van der Waals surface area contributed by atoms with Gasteiger partial charge in [-0.3, -0.25) is 14.7 Å². The van der Waals surface area contributed by atoms with Crippen molar-refractivity contribution in [1.29, 1.82) is 0 Å². The first-order valence-electron chi connectivity index (χ1n) is 11.5. The first kappa shape index (κ1) is 27.7. The van der Waals surface area contributed by atoms with Gasteiger partial charge >= 0.3 is 12.4 Å². The third-order valence-electron chi connectivity index (χ3n) is 6.27. The third kappa shape index (κ3) is 6.57. The maximum Gasteiger partial charge on any atom is 0.416 e. The number of phenolic OH excluding ortho intramolecular Hbond substituents is 1. The Morgan fingerprint density at radius 1 is 0.974 bits per heavy atom. The Kier molecular flexibility index (Phi) is 7.89. The monoisotopic (exact) mass is 557 g/mol. The molecule has 1 amide bonds. The largest absolute Gasteiger partial charge is 0.506 e. The van der Waals surface area contributed by atoms with E-state index in [1.165, 1.54) is 17.0 Å². The van der Waals surface area contributed by atoms with Gasteiger partial charge in [-0.15, -0.1) is 0 Å². The molecule has 1 aliphatic rings. The van der Waals surface area contributed by atoms with Gasteiger partial charge in [0.15, 0.2) is 0 Å². The number of pyridine rings is 1. The number of hydrogen-bond acceptors (Lipinski definition) is 4. The van der Waals surface area contributed by atoms with Gasteiger partial charge in [0.25, 0.3) is 5.91 Å². The van der Waals surface area contributed by atoms with Gasteiger partial charge in [0, 0.05) is 50.2 Å². The van der Waals surface area contributed by atoms with Crippen LogP contribution in [0.3, 0.4) is 0 Å². The molecule has 1 atom stereocenters. The molecule has 2 heterocycles. The molecule has 1 aromatic heterocycles. The summed E-state index contributed by atoms with van der Waals surface area (Å²) in [6, 6.07) is 8.45. The molecule has 0 unspecified atom stereocenters. The second-order valence-electron chi connectivity index (χ2n) is 9.03. The molecular formula is C26H22ClF6N3O2. The van der Waals surface area contributed by atoms with Crippen molar-refractivity contribution in [3.63, 3.8) is 0 Å². The van der Waals surface area contributed by atoms with Crippen LogP contribution in [0.5, 0.6) is 5.75 Å². The third-order valence-corrected chi connectivity index (χ3v) is 6.59. The van der Waals surface area contributed by atoms with Crippen LogP contribution in [0, 0.1) is 0 Å². The number of alkyl halides is 6. The van der Waals surface area contributed by atoms with Crippen LogP contribution in [0.15, 0.2) is 60.9 Å². The van der Waals surface area contributed by atoms with Gasteiger partial charge < -0.3 is 10.0 Å². The van der Waals surface area contributed by atoms with E-state index in [1.807, 2.05) is 11.0 Å². The van der Waals surface area contributed by atoms with E-state index < -0.39 is 41.0 Å². The highest BCUT2D eigenvalue weighted by Crippen LogP contribution is 2.37. The van der Waals surface area contributed by atoms with Crippen molar-refractivity contribution in [2.45, 2.75) is 31.4 Å². The van der Waals surface area contributed by atoms with Crippen LogP contribution in [0.1, 0.15) is 32.6 Å². The maximum absolute atomic E-state index is 13.4. The van der Waals surface area contributed by atoms with Gasteiger partial charge in [-0.1, -0.05) is 23.7 Å². The Morgan fingerprint density at radius 2 is 1.66 bits per heavy atom. The molecule has 12 heteroatoms. The Balaban J connectivity index is 1.67. The van der Waals surface area contributed by atoms with Crippen molar-refractivity contribution >= 4 is 17.5 Å². The van der Waals surface area contributed by atoms with Crippen LogP contribution >= 0.6 is 11.6 Å². The molecule has 5 nitrogen and oxygen atoms in total. The smallest absolute Gasteiger partial charge is 0.416 e. The molecular weight excluding hydrogens is 536 g/mol. The van der Waals surface area contributed by atoms with Gasteiger partial charge in [0.1, 0.15) is 5.75 Å². The fourth-order valence-corrected chi connectivity index (χ4v) is 4.57. The molecule has 202 valence electrons. The van der Waals surface area contributed by atoms with Crippen LogP contribution in [-0.4, -0.2) is 51.5 Å².